The number of nitrogens with zero attached hydrogens (tertiary/aromatic N) is 2. The third kappa shape index (κ3) is 2.21. The fourth-order valence-electron chi connectivity index (χ4n) is 2.35. The molecule has 2 aromatic heterocycles. The minimum Gasteiger partial charge on any atom is -0.388 e. The summed E-state index contributed by atoms with van der Waals surface area (Å²) in [7, 11) is 0. The van der Waals surface area contributed by atoms with Gasteiger partial charge < -0.3 is 10.4 Å². The van der Waals surface area contributed by atoms with Crippen LogP contribution in [0, 0.1) is 6.92 Å². The van der Waals surface area contributed by atoms with Gasteiger partial charge in [-0.1, -0.05) is 6.07 Å². The Hall–Kier alpha value is -1.88. The van der Waals surface area contributed by atoms with Crippen LogP contribution in [0.15, 0.2) is 24.5 Å². The van der Waals surface area contributed by atoms with Gasteiger partial charge in [0.25, 0.3) is 5.91 Å². The molecule has 5 heteroatoms. The Bertz CT molecular complexity index is 629. The highest BCUT2D eigenvalue weighted by Gasteiger charge is 2.34. The maximum atomic E-state index is 12.1. The van der Waals surface area contributed by atoms with Gasteiger partial charge in [-0.15, -0.1) is 0 Å². The Morgan fingerprint density at radius 1 is 1.53 bits per heavy atom. The molecule has 1 aliphatic carbocycles. The highest BCUT2D eigenvalue weighted by Crippen LogP contribution is 2.30. The standard InChI is InChI=1S/C14H17N3O2/c1-10-3-4-12-15-7-11(17(12)8-10)13(18)16-9-14(19)5-2-6-14/h3-4,7-8,19H,2,5-6,9H2,1H3,(H,16,18). The normalized spacial score (nSPS) is 17.2. The second-order valence-corrected chi connectivity index (χ2v) is 5.34. The third-order valence-corrected chi connectivity index (χ3v) is 3.75. The molecular weight excluding hydrogens is 242 g/mol. The molecule has 1 saturated carbocycles. The van der Waals surface area contributed by atoms with Crippen LogP contribution < -0.4 is 5.32 Å². The zero-order chi connectivity index (χ0) is 13.5. The van der Waals surface area contributed by atoms with E-state index in [1.165, 1.54) is 0 Å². The second-order valence-electron chi connectivity index (χ2n) is 5.34. The zero-order valence-electron chi connectivity index (χ0n) is 10.9. The maximum absolute atomic E-state index is 12.1. The summed E-state index contributed by atoms with van der Waals surface area (Å²) in [6.45, 7) is 2.28. The van der Waals surface area contributed by atoms with Gasteiger partial charge in [-0.05, 0) is 37.8 Å². The molecule has 0 unspecified atom stereocenters. The van der Waals surface area contributed by atoms with E-state index < -0.39 is 5.60 Å². The third-order valence-electron chi connectivity index (χ3n) is 3.75. The van der Waals surface area contributed by atoms with Crippen molar-refractivity contribution in [1.82, 2.24) is 14.7 Å². The second kappa shape index (κ2) is 4.35. The van der Waals surface area contributed by atoms with E-state index in [-0.39, 0.29) is 5.91 Å². The Morgan fingerprint density at radius 2 is 2.32 bits per heavy atom. The first-order chi connectivity index (χ1) is 9.07. The molecule has 2 heterocycles. The molecule has 0 aromatic carbocycles. The summed E-state index contributed by atoms with van der Waals surface area (Å²) in [6, 6.07) is 3.84. The van der Waals surface area contributed by atoms with Gasteiger partial charge in [-0.25, -0.2) is 4.98 Å². The van der Waals surface area contributed by atoms with Crippen molar-refractivity contribution < 1.29 is 9.90 Å². The van der Waals surface area contributed by atoms with Crippen molar-refractivity contribution >= 4 is 11.6 Å². The predicted molar refractivity (Wildman–Crippen MR) is 71.1 cm³/mol. The number of aryl methyl sites for hydroxylation is 1. The smallest absolute Gasteiger partial charge is 0.270 e. The fourth-order valence-corrected chi connectivity index (χ4v) is 2.35. The first-order valence-corrected chi connectivity index (χ1v) is 6.52. The highest BCUT2D eigenvalue weighted by molar-refractivity contribution is 5.93. The van der Waals surface area contributed by atoms with Crippen LogP contribution in [-0.2, 0) is 0 Å². The summed E-state index contributed by atoms with van der Waals surface area (Å²) in [4.78, 5) is 16.3. The predicted octanol–water partition coefficient (Wildman–Crippen LogP) is 1.29. The monoisotopic (exact) mass is 259 g/mol. The molecule has 3 rings (SSSR count). The average molecular weight is 259 g/mol. The van der Waals surface area contributed by atoms with Crippen molar-refractivity contribution in [3.05, 3.63) is 35.8 Å². The number of amides is 1. The van der Waals surface area contributed by atoms with Crippen LogP contribution in [0.5, 0.6) is 0 Å². The van der Waals surface area contributed by atoms with E-state index >= 15 is 0 Å². The lowest BCUT2D eigenvalue weighted by Gasteiger charge is -2.36. The topological polar surface area (TPSA) is 66.6 Å². The quantitative estimate of drug-likeness (QED) is 0.872. The van der Waals surface area contributed by atoms with Crippen molar-refractivity contribution in [1.29, 1.82) is 0 Å². The molecule has 2 aromatic rings. The van der Waals surface area contributed by atoms with Gasteiger partial charge in [-0.3, -0.25) is 9.20 Å². The van der Waals surface area contributed by atoms with Crippen molar-refractivity contribution in [2.24, 2.45) is 0 Å². The van der Waals surface area contributed by atoms with E-state index in [9.17, 15) is 9.90 Å². The molecule has 2 N–H and O–H groups in total. The number of aromatic nitrogens is 2. The number of rotatable bonds is 3. The lowest BCUT2D eigenvalue weighted by atomic mass is 9.80. The molecule has 5 nitrogen and oxygen atoms in total. The van der Waals surface area contributed by atoms with Crippen LogP contribution in [0.4, 0.5) is 0 Å². The van der Waals surface area contributed by atoms with Gasteiger partial charge in [0.2, 0.25) is 0 Å². The van der Waals surface area contributed by atoms with Gasteiger partial charge in [0.1, 0.15) is 11.3 Å². The minimum absolute atomic E-state index is 0.196. The maximum Gasteiger partial charge on any atom is 0.270 e. The highest BCUT2D eigenvalue weighted by atomic mass is 16.3. The number of aliphatic hydroxyl groups is 1. The molecule has 0 spiro atoms. The number of imidazole rings is 1. The Labute approximate surface area is 111 Å². The minimum atomic E-state index is -0.702. The summed E-state index contributed by atoms with van der Waals surface area (Å²) in [5.41, 5.74) is 1.61. The van der Waals surface area contributed by atoms with E-state index in [4.69, 9.17) is 0 Å². The average Bonchev–Trinajstić information content (AvgIpc) is 2.76. The number of pyridine rings is 1. The number of carbonyl (C=O) groups is 1. The largest absolute Gasteiger partial charge is 0.388 e. The molecule has 100 valence electrons. The number of carbonyl (C=O) groups excluding carboxylic acids is 1. The lowest BCUT2D eigenvalue weighted by Crippen LogP contribution is -2.47. The van der Waals surface area contributed by atoms with Gasteiger partial charge in [-0.2, -0.15) is 0 Å². The summed E-state index contributed by atoms with van der Waals surface area (Å²) < 4.78 is 1.77. The molecule has 1 amide bonds. The van der Waals surface area contributed by atoms with Crippen molar-refractivity contribution in [2.45, 2.75) is 31.8 Å². The van der Waals surface area contributed by atoms with E-state index in [1.807, 2.05) is 25.3 Å². The lowest BCUT2D eigenvalue weighted by molar-refractivity contribution is -0.0300. The SMILES string of the molecule is Cc1ccc2ncc(C(=O)NCC3(O)CCC3)n2c1. The molecular formula is C14H17N3O2. The fraction of sp³-hybridized carbons (Fsp3) is 0.429. The molecule has 1 fully saturated rings. The number of nitrogens with one attached hydrogen (secondary N) is 1. The van der Waals surface area contributed by atoms with Gasteiger partial charge in [0.15, 0.2) is 0 Å². The van der Waals surface area contributed by atoms with Crippen molar-refractivity contribution in [3.63, 3.8) is 0 Å². The number of hydrogen-bond acceptors (Lipinski definition) is 3. The Kier molecular flexibility index (Phi) is 2.78. The summed E-state index contributed by atoms with van der Waals surface area (Å²) in [5.74, 6) is -0.196. The number of fused-ring (bicyclic) bond motifs is 1. The van der Waals surface area contributed by atoms with Crippen LogP contribution in [-0.4, -0.2) is 32.5 Å². The zero-order valence-corrected chi connectivity index (χ0v) is 10.9. The molecule has 0 radical (unpaired) electrons. The van der Waals surface area contributed by atoms with Crippen molar-refractivity contribution in [3.8, 4) is 0 Å². The van der Waals surface area contributed by atoms with Crippen LogP contribution in [0.2, 0.25) is 0 Å². The summed E-state index contributed by atoms with van der Waals surface area (Å²) in [6.07, 6.45) is 6.00. The van der Waals surface area contributed by atoms with Crippen LogP contribution in [0.25, 0.3) is 5.65 Å². The van der Waals surface area contributed by atoms with E-state index in [2.05, 4.69) is 10.3 Å². The molecule has 0 saturated heterocycles. The van der Waals surface area contributed by atoms with Crippen LogP contribution in [0.3, 0.4) is 0 Å². The van der Waals surface area contributed by atoms with Crippen LogP contribution >= 0.6 is 0 Å². The number of hydrogen-bond donors (Lipinski definition) is 2. The molecule has 19 heavy (non-hydrogen) atoms. The first-order valence-electron chi connectivity index (χ1n) is 6.52. The molecule has 0 bridgehead atoms. The van der Waals surface area contributed by atoms with Gasteiger partial charge >= 0.3 is 0 Å². The van der Waals surface area contributed by atoms with Gasteiger partial charge in [0, 0.05) is 12.7 Å². The van der Waals surface area contributed by atoms with E-state index in [0.717, 1.165) is 30.5 Å². The van der Waals surface area contributed by atoms with Gasteiger partial charge in [0.05, 0.1) is 11.8 Å². The first kappa shape index (κ1) is 12.2. The van der Waals surface area contributed by atoms with Crippen molar-refractivity contribution in [2.75, 3.05) is 6.54 Å². The molecule has 0 aliphatic heterocycles. The molecule has 0 atom stereocenters. The molecule has 1 aliphatic rings. The van der Waals surface area contributed by atoms with E-state index in [0.29, 0.717) is 12.2 Å². The summed E-state index contributed by atoms with van der Waals surface area (Å²) in [5, 5.41) is 12.8. The summed E-state index contributed by atoms with van der Waals surface area (Å²) >= 11 is 0. The Morgan fingerprint density at radius 3 is 3.00 bits per heavy atom. The van der Waals surface area contributed by atoms with Crippen LogP contribution in [0.1, 0.15) is 35.3 Å². The van der Waals surface area contributed by atoms with E-state index in [1.54, 1.807) is 10.6 Å². The Balaban J connectivity index is 1.79.